The third-order valence-electron chi connectivity index (χ3n) is 4.79. The molecule has 1 aliphatic carbocycles. The molecule has 7 heteroatoms. The number of nitrogens with zero attached hydrogens (tertiary/aromatic N) is 3. The van der Waals surface area contributed by atoms with Crippen molar-refractivity contribution in [3.63, 3.8) is 0 Å². The molecule has 1 fully saturated rings. The summed E-state index contributed by atoms with van der Waals surface area (Å²) in [5.74, 6) is 0.739. The number of benzene rings is 1. The first-order valence-electron chi connectivity index (χ1n) is 9.27. The molecule has 7 nitrogen and oxygen atoms in total. The van der Waals surface area contributed by atoms with Crippen molar-refractivity contribution < 1.29 is 14.5 Å². The monoisotopic (exact) mass is 369 g/mol. The Bertz CT molecular complexity index is 851. The van der Waals surface area contributed by atoms with Crippen LogP contribution in [-0.2, 0) is 9.53 Å². The zero-order valence-electron chi connectivity index (χ0n) is 15.3. The molecular weight excluding hydrogens is 346 g/mol. The Morgan fingerprint density at radius 1 is 1.37 bits per heavy atom. The Morgan fingerprint density at radius 3 is 2.85 bits per heavy atom. The predicted octanol–water partition coefficient (Wildman–Crippen LogP) is 4.40. The molecule has 1 saturated carbocycles. The van der Waals surface area contributed by atoms with Crippen LogP contribution in [0.2, 0.25) is 0 Å². The number of carbonyl (C=O) groups is 1. The van der Waals surface area contributed by atoms with Gasteiger partial charge in [0.1, 0.15) is 11.5 Å². The highest BCUT2D eigenvalue weighted by atomic mass is 16.6. The van der Waals surface area contributed by atoms with Crippen LogP contribution in [0.15, 0.2) is 36.7 Å². The standard InChI is InChI=1S/C20H23N3O4/c1-2-27-19(24)11-9-15-8-10-17(18(14-15)23(25)26)22-13-12-21-20(22)16-6-4-3-5-7-16/h8-14,16H,2-7H2,1H3/b11-9+. The van der Waals surface area contributed by atoms with Crippen LogP contribution in [0.5, 0.6) is 0 Å². The molecule has 27 heavy (non-hydrogen) atoms. The van der Waals surface area contributed by atoms with Crippen molar-refractivity contribution in [3.8, 4) is 5.69 Å². The summed E-state index contributed by atoms with van der Waals surface area (Å²) in [6, 6.07) is 4.93. The third-order valence-corrected chi connectivity index (χ3v) is 4.79. The van der Waals surface area contributed by atoms with E-state index in [1.54, 1.807) is 31.5 Å². The van der Waals surface area contributed by atoms with Crippen molar-refractivity contribution in [3.05, 3.63) is 58.2 Å². The molecule has 142 valence electrons. The van der Waals surface area contributed by atoms with Crippen LogP contribution in [0.4, 0.5) is 5.69 Å². The minimum absolute atomic E-state index is 0.0175. The highest BCUT2D eigenvalue weighted by molar-refractivity contribution is 5.87. The summed E-state index contributed by atoms with van der Waals surface area (Å²) in [5.41, 5.74) is 1.04. The first-order valence-corrected chi connectivity index (χ1v) is 9.27. The largest absolute Gasteiger partial charge is 0.463 e. The number of carbonyl (C=O) groups excluding carboxylic acids is 1. The lowest BCUT2D eigenvalue weighted by molar-refractivity contribution is -0.384. The molecule has 1 aliphatic rings. The predicted molar refractivity (Wildman–Crippen MR) is 102 cm³/mol. The second-order valence-electron chi connectivity index (χ2n) is 6.58. The summed E-state index contributed by atoms with van der Waals surface area (Å²) in [7, 11) is 0. The molecule has 0 N–H and O–H groups in total. The van der Waals surface area contributed by atoms with Gasteiger partial charge in [0.15, 0.2) is 0 Å². The quantitative estimate of drug-likeness (QED) is 0.326. The molecule has 1 heterocycles. The molecule has 0 saturated heterocycles. The van der Waals surface area contributed by atoms with Crippen LogP contribution in [0, 0.1) is 10.1 Å². The second-order valence-corrected chi connectivity index (χ2v) is 6.58. The smallest absolute Gasteiger partial charge is 0.330 e. The highest BCUT2D eigenvalue weighted by Gasteiger charge is 2.24. The molecule has 3 rings (SSSR count). The number of aromatic nitrogens is 2. The summed E-state index contributed by atoms with van der Waals surface area (Å²) < 4.78 is 6.66. The summed E-state index contributed by atoms with van der Waals surface area (Å²) in [5, 5.41) is 11.7. The summed E-state index contributed by atoms with van der Waals surface area (Å²) in [4.78, 5) is 27.2. The fraction of sp³-hybridized carbons (Fsp3) is 0.400. The van der Waals surface area contributed by atoms with Gasteiger partial charge in [-0.25, -0.2) is 9.78 Å². The lowest BCUT2D eigenvalue weighted by Gasteiger charge is -2.22. The van der Waals surface area contributed by atoms with E-state index >= 15 is 0 Å². The van der Waals surface area contributed by atoms with Crippen LogP contribution >= 0.6 is 0 Å². The van der Waals surface area contributed by atoms with Crippen molar-refractivity contribution in [1.82, 2.24) is 9.55 Å². The summed E-state index contributed by atoms with van der Waals surface area (Å²) >= 11 is 0. The van der Waals surface area contributed by atoms with Crippen molar-refractivity contribution in [2.24, 2.45) is 0 Å². The average molecular weight is 369 g/mol. The van der Waals surface area contributed by atoms with Crippen LogP contribution in [0.25, 0.3) is 11.8 Å². The number of esters is 1. The molecule has 0 spiro atoms. The Hall–Kier alpha value is -2.96. The fourth-order valence-corrected chi connectivity index (χ4v) is 3.53. The van der Waals surface area contributed by atoms with Gasteiger partial charge in [-0.2, -0.15) is 0 Å². The molecule has 0 atom stereocenters. The number of hydrogen-bond acceptors (Lipinski definition) is 5. The van der Waals surface area contributed by atoms with E-state index in [4.69, 9.17) is 4.74 Å². The number of imidazole rings is 1. The molecule has 0 radical (unpaired) electrons. The average Bonchev–Trinajstić information content (AvgIpc) is 3.16. The second kappa shape index (κ2) is 8.62. The zero-order chi connectivity index (χ0) is 19.2. The van der Waals surface area contributed by atoms with E-state index in [0.29, 0.717) is 17.2 Å². The van der Waals surface area contributed by atoms with Gasteiger partial charge < -0.3 is 4.74 Å². The highest BCUT2D eigenvalue weighted by Crippen LogP contribution is 2.34. The number of ether oxygens (including phenoxy) is 1. The molecule has 0 amide bonds. The molecule has 0 bridgehead atoms. The molecular formula is C20H23N3O4. The minimum Gasteiger partial charge on any atom is -0.463 e. The fourth-order valence-electron chi connectivity index (χ4n) is 3.53. The van der Waals surface area contributed by atoms with Gasteiger partial charge in [-0.3, -0.25) is 14.7 Å². The van der Waals surface area contributed by atoms with Gasteiger partial charge in [-0.1, -0.05) is 25.3 Å². The zero-order valence-corrected chi connectivity index (χ0v) is 15.3. The topological polar surface area (TPSA) is 87.3 Å². The number of nitro groups is 1. The van der Waals surface area contributed by atoms with Gasteiger partial charge in [0, 0.05) is 30.5 Å². The van der Waals surface area contributed by atoms with Crippen molar-refractivity contribution in [2.75, 3.05) is 6.61 Å². The van der Waals surface area contributed by atoms with Crippen LogP contribution in [-0.4, -0.2) is 27.1 Å². The van der Waals surface area contributed by atoms with Gasteiger partial charge in [0.05, 0.1) is 11.5 Å². The van der Waals surface area contributed by atoms with E-state index in [1.165, 1.54) is 24.6 Å². The Labute approximate surface area is 157 Å². The first kappa shape index (κ1) is 18.8. The van der Waals surface area contributed by atoms with Crippen LogP contribution in [0.3, 0.4) is 0 Å². The Kier molecular flexibility index (Phi) is 6.01. The molecule has 1 aromatic heterocycles. The van der Waals surface area contributed by atoms with Crippen molar-refractivity contribution in [1.29, 1.82) is 0 Å². The van der Waals surface area contributed by atoms with Gasteiger partial charge in [0.2, 0.25) is 0 Å². The normalized spacial score (nSPS) is 15.1. The SMILES string of the molecule is CCOC(=O)/C=C/c1ccc(-n2ccnc2C2CCCCC2)c([N+](=O)[O-])c1. The molecule has 2 aromatic rings. The summed E-state index contributed by atoms with van der Waals surface area (Å²) in [6.45, 7) is 2.01. The Balaban J connectivity index is 1.93. The lowest BCUT2D eigenvalue weighted by atomic mass is 9.88. The van der Waals surface area contributed by atoms with Crippen molar-refractivity contribution in [2.45, 2.75) is 44.9 Å². The number of hydrogen-bond donors (Lipinski definition) is 0. The summed E-state index contributed by atoms with van der Waals surface area (Å²) in [6.07, 6.45) is 11.9. The lowest BCUT2D eigenvalue weighted by Crippen LogP contribution is -2.12. The van der Waals surface area contributed by atoms with E-state index in [2.05, 4.69) is 4.98 Å². The van der Waals surface area contributed by atoms with Crippen LogP contribution < -0.4 is 0 Å². The third kappa shape index (κ3) is 4.42. The maximum absolute atomic E-state index is 11.7. The molecule has 0 aliphatic heterocycles. The van der Waals surface area contributed by atoms with Crippen LogP contribution in [0.1, 0.15) is 56.3 Å². The van der Waals surface area contributed by atoms with E-state index < -0.39 is 10.9 Å². The van der Waals surface area contributed by atoms with E-state index in [-0.39, 0.29) is 12.3 Å². The number of nitro benzene ring substituents is 1. The van der Waals surface area contributed by atoms with Crippen molar-refractivity contribution >= 4 is 17.7 Å². The molecule has 0 unspecified atom stereocenters. The van der Waals surface area contributed by atoms with E-state index in [0.717, 1.165) is 31.5 Å². The van der Waals surface area contributed by atoms with E-state index in [1.807, 2.05) is 4.57 Å². The minimum atomic E-state index is -0.474. The van der Waals surface area contributed by atoms with Gasteiger partial charge >= 0.3 is 5.97 Å². The maximum atomic E-state index is 11.7. The van der Waals surface area contributed by atoms with Gasteiger partial charge in [-0.05, 0) is 37.5 Å². The number of rotatable bonds is 6. The maximum Gasteiger partial charge on any atom is 0.330 e. The molecule has 1 aromatic carbocycles. The van der Waals surface area contributed by atoms with Gasteiger partial charge in [-0.15, -0.1) is 0 Å². The van der Waals surface area contributed by atoms with E-state index in [9.17, 15) is 14.9 Å². The first-order chi connectivity index (χ1) is 13.1. The Morgan fingerprint density at radius 2 is 2.15 bits per heavy atom. The van der Waals surface area contributed by atoms with Gasteiger partial charge in [0.25, 0.3) is 5.69 Å².